The Bertz CT molecular complexity index is 383. The van der Waals surface area contributed by atoms with Crippen LogP contribution in [-0.2, 0) is 16.1 Å². The molecule has 1 rings (SSSR count). The predicted molar refractivity (Wildman–Crippen MR) is 69.2 cm³/mol. The topological polar surface area (TPSA) is 88.0 Å². The summed E-state index contributed by atoms with van der Waals surface area (Å²) in [5.74, 6) is -0.456. The number of benzene rings is 1. The second kappa shape index (κ2) is 9.32. The van der Waals surface area contributed by atoms with Gasteiger partial charge in [0.2, 0.25) is 0 Å². The molecule has 0 radical (unpaired) electrons. The first-order chi connectivity index (χ1) is 9.22. The van der Waals surface area contributed by atoms with Gasteiger partial charge in [-0.2, -0.15) is 0 Å². The normalized spacial score (nSPS) is 10.4. The monoisotopic (exact) mass is 269 g/mol. The van der Waals surface area contributed by atoms with Crippen molar-refractivity contribution in [2.24, 2.45) is 0 Å². The summed E-state index contributed by atoms with van der Waals surface area (Å²) in [6.07, 6.45) is 0. The van der Waals surface area contributed by atoms with E-state index in [-0.39, 0.29) is 13.2 Å². The average Bonchev–Trinajstić information content (AvgIpc) is 2.41. The van der Waals surface area contributed by atoms with Crippen LogP contribution >= 0.6 is 0 Å². The van der Waals surface area contributed by atoms with Crippen LogP contribution in [0.5, 0.6) is 5.75 Å². The number of aliphatic carboxylic acids is 1. The van der Waals surface area contributed by atoms with Crippen LogP contribution < -0.4 is 10.1 Å². The summed E-state index contributed by atoms with van der Waals surface area (Å²) >= 11 is 0. The number of nitrogens with one attached hydrogen (secondary N) is 1. The maximum atomic E-state index is 10.4. The fourth-order valence-electron chi connectivity index (χ4n) is 1.43. The van der Waals surface area contributed by atoms with Crippen molar-refractivity contribution in [3.05, 3.63) is 29.8 Å². The Morgan fingerprint density at radius 2 is 2.16 bits per heavy atom. The summed E-state index contributed by atoms with van der Waals surface area (Å²) in [5, 5.41) is 20.2. The molecule has 0 spiro atoms. The smallest absolute Gasteiger partial charge is 0.341 e. The van der Waals surface area contributed by atoms with Gasteiger partial charge in [0, 0.05) is 13.1 Å². The van der Waals surface area contributed by atoms with E-state index in [1.54, 1.807) is 12.1 Å². The van der Waals surface area contributed by atoms with Gasteiger partial charge in [0.15, 0.2) is 6.61 Å². The zero-order valence-corrected chi connectivity index (χ0v) is 10.7. The third kappa shape index (κ3) is 7.40. The lowest BCUT2D eigenvalue weighted by Gasteiger charge is -2.08. The molecule has 6 nitrogen and oxygen atoms in total. The Morgan fingerprint density at radius 3 is 2.89 bits per heavy atom. The minimum Gasteiger partial charge on any atom is -0.482 e. The lowest BCUT2D eigenvalue weighted by atomic mass is 10.2. The largest absolute Gasteiger partial charge is 0.482 e. The number of hydrogen-bond donors (Lipinski definition) is 3. The van der Waals surface area contributed by atoms with E-state index in [2.05, 4.69) is 5.32 Å². The number of carboxylic acid groups (broad SMARTS) is 1. The third-order valence-corrected chi connectivity index (χ3v) is 2.25. The standard InChI is InChI=1S/C13H19NO5/c15-5-7-18-6-4-14-9-11-2-1-3-12(8-11)19-10-13(16)17/h1-3,8,14-15H,4-7,9-10H2,(H,16,17). The van der Waals surface area contributed by atoms with Crippen LogP contribution in [0, 0.1) is 0 Å². The lowest BCUT2D eigenvalue weighted by Crippen LogP contribution is -2.20. The number of aliphatic hydroxyl groups is 1. The molecule has 1 aromatic rings. The zero-order chi connectivity index (χ0) is 13.9. The molecular formula is C13H19NO5. The van der Waals surface area contributed by atoms with Crippen molar-refractivity contribution in [3.8, 4) is 5.75 Å². The van der Waals surface area contributed by atoms with Crippen molar-refractivity contribution in [2.75, 3.05) is 33.0 Å². The molecule has 0 heterocycles. The van der Waals surface area contributed by atoms with Crippen molar-refractivity contribution in [3.63, 3.8) is 0 Å². The van der Waals surface area contributed by atoms with Crippen molar-refractivity contribution in [2.45, 2.75) is 6.54 Å². The van der Waals surface area contributed by atoms with Crippen LogP contribution in [0.15, 0.2) is 24.3 Å². The van der Waals surface area contributed by atoms with Gasteiger partial charge in [-0.15, -0.1) is 0 Å². The van der Waals surface area contributed by atoms with Gasteiger partial charge in [0.05, 0.1) is 19.8 Å². The fourth-order valence-corrected chi connectivity index (χ4v) is 1.43. The molecule has 0 fully saturated rings. The SMILES string of the molecule is O=C(O)COc1cccc(CNCCOCCO)c1. The maximum absolute atomic E-state index is 10.4. The van der Waals surface area contributed by atoms with Gasteiger partial charge in [-0.1, -0.05) is 12.1 Å². The number of aliphatic hydroxyl groups excluding tert-OH is 1. The van der Waals surface area contributed by atoms with Crippen molar-refractivity contribution < 1.29 is 24.5 Å². The molecule has 0 aliphatic heterocycles. The first-order valence-electron chi connectivity index (χ1n) is 6.05. The van der Waals surface area contributed by atoms with Crippen LogP contribution in [0.25, 0.3) is 0 Å². The summed E-state index contributed by atoms with van der Waals surface area (Å²) in [6.45, 7) is 1.90. The Kier molecular flexibility index (Phi) is 7.57. The van der Waals surface area contributed by atoms with Crippen LogP contribution in [0.2, 0.25) is 0 Å². The summed E-state index contributed by atoms with van der Waals surface area (Å²) < 4.78 is 10.2. The number of hydrogen-bond acceptors (Lipinski definition) is 5. The molecule has 0 saturated carbocycles. The minimum atomic E-state index is -0.996. The number of rotatable bonds is 10. The zero-order valence-electron chi connectivity index (χ0n) is 10.7. The molecule has 3 N–H and O–H groups in total. The molecule has 1 aromatic carbocycles. The Balaban J connectivity index is 2.25. The van der Waals surface area contributed by atoms with E-state index >= 15 is 0 Å². The van der Waals surface area contributed by atoms with E-state index in [9.17, 15) is 4.79 Å². The van der Waals surface area contributed by atoms with Gasteiger partial charge in [-0.3, -0.25) is 0 Å². The molecule has 0 atom stereocenters. The summed E-state index contributed by atoms with van der Waals surface area (Å²) in [6, 6.07) is 7.26. The van der Waals surface area contributed by atoms with Crippen LogP contribution in [0.3, 0.4) is 0 Å². The minimum absolute atomic E-state index is 0.0307. The highest BCUT2D eigenvalue weighted by molar-refractivity contribution is 5.68. The number of ether oxygens (including phenoxy) is 2. The summed E-state index contributed by atoms with van der Waals surface area (Å²) in [7, 11) is 0. The summed E-state index contributed by atoms with van der Waals surface area (Å²) in [5.41, 5.74) is 1.00. The Morgan fingerprint density at radius 1 is 1.32 bits per heavy atom. The number of carbonyl (C=O) groups is 1. The van der Waals surface area contributed by atoms with E-state index in [0.29, 0.717) is 32.1 Å². The molecule has 0 bridgehead atoms. The Hall–Kier alpha value is -1.63. The lowest BCUT2D eigenvalue weighted by molar-refractivity contribution is -0.139. The Labute approximate surface area is 112 Å². The molecule has 0 aliphatic rings. The molecule has 19 heavy (non-hydrogen) atoms. The van der Waals surface area contributed by atoms with Gasteiger partial charge in [0.1, 0.15) is 5.75 Å². The predicted octanol–water partition coefficient (Wildman–Crippen LogP) is 0.248. The first kappa shape index (κ1) is 15.4. The van der Waals surface area contributed by atoms with Gasteiger partial charge >= 0.3 is 5.97 Å². The molecular weight excluding hydrogens is 250 g/mol. The second-order valence-corrected chi connectivity index (χ2v) is 3.84. The third-order valence-electron chi connectivity index (χ3n) is 2.25. The molecule has 0 aliphatic carbocycles. The van der Waals surface area contributed by atoms with Gasteiger partial charge in [-0.25, -0.2) is 4.79 Å². The highest BCUT2D eigenvalue weighted by Crippen LogP contribution is 2.12. The van der Waals surface area contributed by atoms with Crippen molar-refractivity contribution in [1.29, 1.82) is 0 Å². The van der Waals surface area contributed by atoms with E-state index in [4.69, 9.17) is 19.7 Å². The van der Waals surface area contributed by atoms with E-state index in [1.165, 1.54) is 0 Å². The van der Waals surface area contributed by atoms with Crippen LogP contribution in [-0.4, -0.2) is 49.2 Å². The highest BCUT2D eigenvalue weighted by Gasteiger charge is 2.00. The van der Waals surface area contributed by atoms with E-state index < -0.39 is 5.97 Å². The molecule has 6 heteroatoms. The van der Waals surface area contributed by atoms with Gasteiger partial charge in [-0.05, 0) is 17.7 Å². The average molecular weight is 269 g/mol. The molecule has 0 amide bonds. The van der Waals surface area contributed by atoms with E-state index in [0.717, 1.165) is 5.56 Å². The fraction of sp³-hybridized carbons (Fsp3) is 0.462. The molecule has 0 saturated heterocycles. The maximum Gasteiger partial charge on any atom is 0.341 e. The van der Waals surface area contributed by atoms with Crippen molar-refractivity contribution in [1.82, 2.24) is 5.32 Å². The first-order valence-corrected chi connectivity index (χ1v) is 6.05. The summed E-state index contributed by atoms with van der Waals surface area (Å²) in [4.78, 5) is 10.4. The second-order valence-electron chi connectivity index (χ2n) is 3.84. The van der Waals surface area contributed by atoms with Gasteiger partial charge in [0.25, 0.3) is 0 Å². The molecule has 0 aromatic heterocycles. The number of carboxylic acids is 1. The van der Waals surface area contributed by atoms with Crippen LogP contribution in [0.4, 0.5) is 0 Å². The quantitative estimate of drug-likeness (QED) is 0.528. The van der Waals surface area contributed by atoms with Crippen molar-refractivity contribution >= 4 is 5.97 Å². The highest BCUT2D eigenvalue weighted by atomic mass is 16.5. The molecule has 0 unspecified atom stereocenters. The molecule has 106 valence electrons. The van der Waals surface area contributed by atoms with E-state index in [1.807, 2.05) is 12.1 Å². The van der Waals surface area contributed by atoms with Crippen LogP contribution in [0.1, 0.15) is 5.56 Å². The van der Waals surface area contributed by atoms with Gasteiger partial charge < -0.3 is 25.0 Å².